The van der Waals surface area contributed by atoms with Gasteiger partial charge in [-0.15, -0.1) is 0 Å². The van der Waals surface area contributed by atoms with Crippen molar-refractivity contribution in [2.75, 3.05) is 10.6 Å². The van der Waals surface area contributed by atoms with Crippen LogP contribution in [0.4, 0.5) is 11.5 Å². The fourth-order valence-corrected chi connectivity index (χ4v) is 1.45. The Hall–Kier alpha value is -2.38. The average Bonchev–Trinajstić information content (AvgIpc) is 2.27. The Kier molecular flexibility index (Phi) is 3.70. The number of amides is 2. The van der Waals surface area contributed by atoms with Crippen LogP contribution in [0.1, 0.15) is 13.8 Å². The van der Waals surface area contributed by atoms with Crippen LogP contribution >= 0.6 is 0 Å². The summed E-state index contributed by atoms with van der Waals surface area (Å²) in [4.78, 5) is 45.7. The summed E-state index contributed by atoms with van der Waals surface area (Å²) in [6.07, 6.45) is 0. The SMILES string of the molecule is CC(=O)Nc1c(NC(C)=O)n(C)c(=O)n(C)c1=O. The van der Waals surface area contributed by atoms with Crippen LogP contribution in [-0.4, -0.2) is 20.9 Å². The van der Waals surface area contributed by atoms with E-state index >= 15 is 0 Å². The third-order valence-corrected chi connectivity index (χ3v) is 2.26. The minimum atomic E-state index is -0.683. The second kappa shape index (κ2) is 4.86. The Balaban J connectivity index is 3.64. The van der Waals surface area contributed by atoms with Crippen LogP contribution in [0.3, 0.4) is 0 Å². The number of carbonyl (C=O) groups excluding carboxylic acids is 2. The van der Waals surface area contributed by atoms with E-state index in [9.17, 15) is 19.2 Å². The molecule has 1 aromatic rings. The van der Waals surface area contributed by atoms with E-state index in [2.05, 4.69) is 10.6 Å². The van der Waals surface area contributed by atoms with Crippen LogP contribution in [0.2, 0.25) is 0 Å². The van der Waals surface area contributed by atoms with Crippen molar-refractivity contribution in [3.05, 3.63) is 20.8 Å². The fraction of sp³-hybridized carbons (Fsp3) is 0.400. The van der Waals surface area contributed by atoms with Crippen molar-refractivity contribution in [2.45, 2.75) is 13.8 Å². The minimum absolute atomic E-state index is 0.0363. The molecule has 1 aromatic heterocycles. The Morgan fingerprint density at radius 2 is 1.44 bits per heavy atom. The lowest BCUT2D eigenvalue weighted by molar-refractivity contribution is -0.115. The van der Waals surface area contributed by atoms with Gasteiger partial charge in [-0.1, -0.05) is 0 Å². The van der Waals surface area contributed by atoms with Crippen molar-refractivity contribution >= 4 is 23.3 Å². The molecule has 2 N–H and O–H groups in total. The lowest BCUT2D eigenvalue weighted by Gasteiger charge is -2.14. The molecule has 0 aromatic carbocycles. The number of nitrogens with zero attached hydrogens (tertiary/aromatic N) is 2. The van der Waals surface area contributed by atoms with Crippen molar-refractivity contribution in [2.24, 2.45) is 14.1 Å². The van der Waals surface area contributed by atoms with Gasteiger partial charge in [0.1, 0.15) is 11.5 Å². The topological polar surface area (TPSA) is 102 Å². The third-order valence-electron chi connectivity index (χ3n) is 2.26. The zero-order chi connectivity index (χ0) is 14.0. The molecule has 0 radical (unpaired) electrons. The lowest BCUT2D eigenvalue weighted by atomic mass is 10.4. The van der Waals surface area contributed by atoms with Gasteiger partial charge in [-0.2, -0.15) is 0 Å². The molecule has 0 atom stereocenters. The maximum absolute atomic E-state index is 11.9. The van der Waals surface area contributed by atoms with Crippen LogP contribution in [0.25, 0.3) is 0 Å². The fourth-order valence-electron chi connectivity index (χ4n) is 1.45. The molecular formula is C10H14N4O4. The molecule has 98 valence electrons. The van der Waals surface area contributed by atoms with Gasteiger partial charge in [-0.05, 0) is 0 Å². The van der Waals surface area contributed by atoms with Gasteiger partial charge in [0.15, 0.2) is 0 Å². The van der Waals surface area contributed by atoms with Gasteiger partial charge in [0.2, 0.25) is 11.8 Å². The van der Waals surface area contributed by atoms with Crippen LogP contribution < -0.4 is 21.9 Å². The first-order valence-electron chi connectivity index (χ1n) is 5.11. The molecule has 1 rings (SSSR count). The molecule has 0 aliphatic heterocycles. The average molecular weight is 254 g/mol. The number of hydrogen-bond acceptors (Lipinski definition) is 4. The van der Waals surface area contributed by atoms with Gasteiger partial charge in [0.05, 0.1) is 0 Å². The van der Waals surface area contributed by atoms with Crippen LogP contribution in [-0.2, 0) is 23.7 Å². The quantitative estimate of drug-likeness (QED) is 0.706. The molecule has 0 saturated carbocycles. The summed E-state index contributed by atoms with van der Waals surface area (Å²) in [6, 6.07) is 0. The summed E-state index contributed by atoms with van der Waals surface area (Å²) >= 11 is 0. The van der Waals surface area contributed by atoms with E-state index in [-0.39, 0.29) is 11.5 Å². The summed E-state index contributed by atoms with van der Waals surface area (Å²) in [7, 11) is 2.67. The van der Waals surface area contributed by atoms with Crippen molar-refractivity contribution in [1.29, 1.82) is 0 Å². The molecule has 1 heterocycles. The van der Waals surface area contributed by atoms with Gasteiger partial charge in [-0.3, -0.25) is 23.5 Å². The van der Waals surface area contributed by atoms with E-state index in [1.807, 2.05) is 0 Å². The highest BCUT2D eigenvalue weighted by atomic mass is 16.2. The van der Waals surface area contributed by atoms with E-state index in [4.69, 9.17) is 0 Å². The summed E-state index contributed by atoms with van der Waals surface area (Å²) in [6.45, 7) is 2.46. The number of rotatable bonds is 2. The van der Waals surface area contributed by atoms with E-state index in [1.54, 1.807) is 0 Å². The van der Waals surface area contributed by atoms with E-state index in [1.165, 1.54) is 27.9 Å². The summed E-state index contributed by atoms with van der Waals surface area (Å²) in [5, 5.41) is 4.66. The van der Waals surface area contributed by atoms with Gasteiger partial charge < -0.3 is 10.6 Å². The Bertz CT molecular complexity index is 626. The predicted octanol–water partition coefficient (Wildman–Crippen LogP) is -0.999. The summed E-state index contributed by atoms with van der Waals surface area (Å²) < 4.78 is 1.92. The highest BCUT2D eigenvalue weighted by Gasteiger charge is 2.17. The van der Waals surface area contributed by atoms with Crippen molar-refractivity contribution in [3.63, 3.8) is 0 Å². The number of carbonyl (C=O) groups is 2. The largest absolute Gasteiger partial charge is 0.332 e. The van der Waals surface area contributed by atoms with Crippen LogP contribution in [0, 0.1) is 0 Å². The van der Waals surface area contributed by atoms with Gasteiger partial charge in [-0.25, -0.2) is 4.79 Å². The number of anilines is 2. The van der Waals surface area contributed by atoms with Gasteiger partial charge >= 0.3 is 5.69 Å². The monoisotopic (exact) mass is 254 g/mol. The first-order valence-corrected chi connectivity index (χ1v) is 5.11. The Morgan fingerprint density at radius 1 is 0.944 bits per heavy atom. The molecule has 18 heavy (non-hydrogen) atoms. The number of nitrogens with one attached hydrogen (secondary N) is 2. The zero-order valence-electron chi connectivity index (χ0n) is 10.5. The third kappa shape index (κ3) is 2.47. The first-order chi connectivity index (χ1) is 8.25. The standard InChI is InChI=1S/C10H14N4O4/c1-5(15)11-7-8(12-6(2)16)13(3)10(18)14(4)9(7)17/h1-4H3,(H,11,15)(H,12,16). The maximum atomic E-state index is 11.9. The first kappa shape index (κ1) is 13.7. The smallest absolute Gasteiger partial charge is 0.319 e. The number of aromatic nitrogens is 2. The summed E-state index contributed by atoms with van der Waals surface area (Å²) in [5.74, 6) is -0.965. The molecule has 0 fully saturated rings. The van der Waals surface area contributed by atoms with E-state index < -0.39 is 23.1 Å². The summed E-state index contributed by atoms with van der Waals surface area (Å²) in [5.41, 5.74) is -1.42. The zero-order valence-corrected chi connectivity index (χ0v) is 10.5. The van der Waals surface area contributed by atoms with Crippen LogP contribution in [0.5, 0.6) is 0 Å². The lowest BCUT2D eigenvalue weighted by Crippen LogP contribution is -2.40. The minimum Gasteiger partial charge on any atom is -0.319 e. The predicted molar refractivity (Wildman–Crippen MR) is 65.5 cm³/mol. The molecule has 0 saturated heterocycles. The van der Waals surface area contributed by atoms with Gasteiger partial charge in [0, 0.05) is 27.9 Å². The molecular weight excluding hydrogens is 240 g/mol. The second-order valence-electron chi connectivity index (χ2n) is 3.79. The molecule has 0 aliphatic rings. The highest BCUT2D eigenvalue weighted by Crippen LogP contribution is 2.13. The van der Waals surface area contributed by atoms with Gasteiger partial charge in [0.25, 0.3) is 5.56 Å². The molecule has 8 heteroatoms. The highest BCUT2D eigenvalue weighted by molar-refractivity contribution is 5.96. The molecule has 0 spiro atoms. The van der Waals surface area contributed by atoms with Crippen molar-refractivity contribution in [3.8, 4) is 0 Å². The normalized spacial score (nSPS) is 10.0. The molecule has 0 bridgehead atoms. The Labute approximate surface area is 102 Å². The maximum Gasteiger partial charge on any atom is 0.332 e. The Morgan fingerprint density at radius 3 is 1.89 bits per heavy atom. The van der Waals surface area contributed by atoms with E-state index in [0.29, 0.717) is 0 Å². The molecule has 0 aliphatic carbocycles. The van der Waals surface area contributed by atoms with Crippen molar-refractivity contribution in [1.82, 2.24) is 9.13 Å². The van der Waals surface area contributed by atoms with Crippen LogP contribution in [0.15, 0.2) is 9.59 Å². The molecule has 0 unspecified atom stereocenters. The van der Waals surface area contributed by atoms with Crippen molar-refractivity contribution < 1.29 is 9.59 Å². The molecule has 2 amide bonds. The van der Waals surface area contributed by atoms with E-state index in [0.717, 1.165) is 9.13 Å². The molecule has 8 nitrogen and oxygen atoms in total. The number of hydrogen-bond donors (Lipinski definition) is 2. The second-order valence-corrected chi connectivity index (χ2v) is 3.79.